The summed E-state index contributed by atoms with van der Waals surface area (Å²) in [5.74, 6) is 0.769. The molecule has 2 nitrogen and oxygen atoms in total. The summed E-state index contributed by atoms with van der Waals surface area (Å²) in [6.45, 7) is 4.26. The maximum Gasteiger partial charge on any atom is 0.160 e. The van der Waals surface area contributed by atoms with Gasteiger partial charge < -0.3 is 0 Å². The molecule has 0 fully saturated rings. The predicted octanol–water partition coefficient (Wildman–Crippen LogP) is 5.58. The van der Waals surface area contributed by atoms with E-state index in [2.05, 4.69) is 50.2 Å². The second-order valence-corrected chi connectivity index (χ2v) is 6.08. The fourth-order valence-electron chi connectivity index (χ4n) is 2.92. The number of hydrogen-bond donors (Lipinski definition) is 0. The molecule has 0 saturated carbocycles. The molecule has 0 atom stereocenters. The smallest absolute Gasteiger partial charge is 0.160 e. The van der Waals surface area contributed by atoms with Gasteiger partial charge in [-0.3, -0.25) is 0 Å². The summed E-state index contributed by atoms with van der Waals surface area (Å²) >= 11 is 0. The minimum Gasteiger partial charge on any atom is -0.228 e. The van der Waals surface area contributed by atoms with Gasteiger partial charge in [0.2, 0.25) is 0 Å². The Labute approximate surface area is 141 Å². The lowest BCUT2D eigenvalue weighted by Gasteiger charge is -2.11. The van der Waals surface area contributed by atoms with Crippen LogP contribution in [0.3, 0.4) is 0 Å². The molecule has 0 saturated heterocycles. The molecule has 0 N–H and O–H groups in total. The van der Waals surface area contributed by atoms with E-state index in [4.69, 9.17) is 9.97 Å². The zero-order valence-corrected chi connectivity index (χ0v) is 13.8. The Bertz CT molecular complexity index is 1010. The minimum absolute atomic E-state index is 0.769. The van der Waals surface area contributed by atoms with Crippen LogP contribution in [-0.2, 0) is 0 Å². The van der Waals surface area contributed by atoms with Crippen molar-refractivity contribution in [2.75, 3.05) is 0 Å². The van der Waals surface area contributed by atoms with E-state index >= 15 is 0 Å². The van der Waals surface area contributed by atoms with Crippen LogP contribution in [0.2, 0.25) is 0 Å². The molecule has 24 heavy (non-hydrogen) atoms. The first-order chi connectivity index (χ1) is 11.7. The van der Waals surface area contributed by atoms with E-state index in [0.717, 1.165) is 33.5 Å². The molecule has 0 radical (unpaired) electrons. The SMILES string of the molecule is Cc1cc2nc(-c3ccccc3)nc(-c3ccccc3)c2cc1C. The van der Waals surface area contributed by atoms with Gasteiger partial charge in [0.1, 0.15) is 0 Å². The molecule has 116 valence electrons. The quantitative estimate of drug-likeness (QED) is 0.483. The number of aromatic nitrogens is 2. The topological polar surface area (TPSA) is 25.8 Å². The standard InChI is InChI=1S/C22H18N2/c1-15-13-19-20(14-16(15)2)23-22(18-11-7-4-8-12-18)24-21(19)17-9-5-3-6-10-17/h3-14H,1-2H3. The monoisotopic (exact) mass is 310 g/mol. The molecule has 1 aromatic heterocycles. The summed E-state index contributed by atoms with van der Waals surface area (Å²) in [4.78, 5) is 9.72. The Hall–Kier alpha value is -3.00. The molecule has 3 aromatic carbocycles. The highest BCUT2D eigenvalue weighted by Gasteiger charge is 2.12. The third-order valence-corrected chi connectivity index (χ3v) is 4.39. The summed E-state index contributed by atoms with van der Waals surface area (Å²) in [7, 11) is 0. The van der Waals surface area contributed by atoms with Crippen LogP contribution in [0.15, 0.2) is 72.8 Å². The van der Waals surface area contributed by atoms with Crippen LogP contribution in [0.25, 0.3) is 33.5 Å². The van der Waals surface area contributed by atoms with Crippen LogP contribution >= 0.6 is 0 Å². The van der Waals surface area contributed by atoms with Crippen LogP contribution < -0.4 is 0 Å². The first-order valence-electron chi connectivity index (χ1n) is 8.12. The lowest BCUT2D eigenvalue weighted by Crippen LogP contribution is -1.96. The van der Waals surface area contributed by atoms with E-state index < -0.39 is 0 Å². The van der Waals surface area contributed by atoms with Crippen LogP contribution in [0.1, 0.15) is 11.1 Å². The van der Waals surface area contributed by atoms with E-state index in [-0.39, 0.29) is 0 Å². The molecule has 0 aliphatic heterocycles. The van der Waals surface area contributed by atoms with Crippen molar-refractivity contribution < 1.29 is 0 Å². The minimum atomic E-state index is 0.769. The first-order valence-corrected chi connectivity index (χ1v) is 8.12. The second-order valence-electron chi connectivity index (χ2n) is 6.08. The van der Waals surface area contributed by atoms with Gasteiger partial charge in [-0.15, -0.1) is 0 Å². The van der Waals surface area contributed by atoms with Crippen molar-refractivity contribution in [1.29, 1.82) is 0 Å². The van der Waals surface area contributed by atoms with Gasteiger partial charge in [0.05, 0.1) is 11.2 Å². The third kappa shape index (κ3) is 2.56. The highest BCUT2D eigenvalue weighted by atomic mass is 14.9. The highest BCUT2D eigenvalue weighted by Crippen LogP contribution is 2.30. The van der Waals surface area contributed by atoms with Gasteiger partial charge in [-0.25, -0.2) is 9.97 Å². The van der Waals surface area contributed by atoms with Gasteiger partial charge in [-0.1, -0.05) is 60.7 Å². The number of hydrogen-bond acceptors (Lipinski definition) is 2. The fraction of sp³-hybridized carbons (Fsp3) is 0.0909. The Balaban J connectivity index is 2.06. The van der Waals surface area contributed by atoms with Gasteiger partial charge in [0.15, 0.2) is 5.82 Å². The summed E-state index contributed by atoms with van der Waals surface area (Å²) in [5, 5.41) is 1.10. The number of nitrogens with zero attached hydrogens (tertiary/aromatic N) is 2. The lowest BCUT2D eigenvalue weighted by molar-refractivity contribution is 1.22. The summed E-state index contributed by atoms with van der Waals surface area (Å²) in [6, 6.07) is 24.8. The lowest BCUT2D eigenvalue weighted by atomic mass is 10.0. The zero-order valence-electron chi connectivity index (χ0n) is 13.8. The van der Waals surface area contributed by atoms with Crippen molar-refractivity contribution in [1.82, 2.24) is 9.97 Å². The molecule has 0 amide bonds. The van der Waals surface area contributed by atoms with Crippen molar-refractivity contribution in [2.24, 2.45) is 0 Å². The van der Waals surface area contributed by atoms with Crippen LogP contribution in [0.5, 0.6) is 0 Å². The van der Waals surface area contributed by atoms with Crippen molar-refractivity contribution in [2.45, 2.75) is 13.8 Å². The van der Waals surface area contributed by atoms with E-state index in [1.54, 1.807) is 0 Å². The Morgan fingerprint density at radius 2 is 1.21 bits per heavy atom. The zero-order chi connectivity index (χ0) is 16.5. The maximum atomic E-state index is 4.90. The normalized spacial score (nSPS) is 10.9. The van der Waals surface area contributed by atoms with Crippen molar-refractivity contribution in [3.8, 4) is 22.6 Å². The molecule has 4 rings (SSSR count). The Kier molecular flexibility index (Phi) is 3.58. The van der Waals surface area contributed by atoms with E-state index in [0.29, 0.717) is 0 Å². The average Bonchev–Trinajstić information content (AvgIpc) is 2.63. The number of fused-ring (bicyclic) bond motifs is 1. The number of rotatable bonds is 2. The highest BCUT2D eigenvalue weighted by molar-refractivity contribution is 5.94. The average molecular weight is 310 g/mol. The number of benzene rings is 3. The van der Waals surface area contributed by atoms with Gasteiger partial charge >= 0.3 is 0 Å². The van der Waals surface area contributed by atoms with Crippen LogP contribution in [0, 0.1) is 13.8 Å². The van der Waals surface area contributed by atoms with E-state index in [1.165, 1.54) is 11.1 Å². The molecule has 0 aliphatic carbocycles. The second kappa shape index (κ2) is 5.89. The Morgan fingerprint density at radius 1 is 0.625 bits per heavy atom. The largest absolute Gasteiger partial charge is 0.228 e. The van der Waals surface area contributed by atoms with E-state index in [1.807, 2.05) is 36.4 Å². The molecule has 0 bridgehead atoms. The molecule has 0 spiro atoms. The van der Waals surface area contributed by atoms with Gasteiger partial charge in [-0.2, -0.15) is 0 Å². The molecule has 0 aliphatic rings. The summed E-state index contributed by atoms with van der Waals surface area (Å²) in [5.41, 5.74) is 6.64. The van der Waals surface area contributed by atoms with Gasteiger partial charge in [-0.05, 0) is 37.1 Å². The fourth-order valence-corrected chi connectivity index (χ4v) is 2.92. The molecule has 1 heterocycles. The van der Waals surface area contributed by atoms with E-state index in [9.17, 15) is 0 Å². The van der Waals surface area contributed by atoms with Crippen LogP contribution in [0.4, 0.5) is 0 Å². The third-order valence-electron chi connectivity index (χ3n) is 4.39. The van der Waals surface area contributed by atoms with Gasteiger partial charge in [0, 0.05) is 16.5 Å². The summed E-state index contributed by atoms with van der Waals surface area (Å²) in [6.07, 6.45) is 0. The number of aryl methyl sites for hydroxylation is 2. The van der Waals surface area contributed by atoms with Crippen molar-refractivity contribution in [3.63, 3.8) is 0 Å². The maximum absolute atomic E-state index is 4.90. The first kappa shape index (κ1) is 14.6. The molecule has 0 unspecified atom stereocenters. The molecule has 2 heteroatoms. The molecular formula is C22H18N2. The van der Waals surface area contributed by atoms with Crippen molar-refractivity contribution >= 4 is 10.9 Å². The van der Waals surface area contributed by atoms with Crippen molar-refractivity contribution in [3.05, 3.63) is 83.9 Å². The molecular weight excluding hydrogens is 292 g/mol. The van der Waals surface area contributed by atoms with Crippen LogP contribution in [-0.4, -0.2) is 9.97 Å². The Morgan fingerprint density at radius 3 is 1.88 bits per heavy atom. The van der Waals surface area contributed by atoms with Gasteiger partial charge in [0.25, 0.3) is 0 Å². The molecule has 4 aromatic rings. The summed E-state index contributed by atoms with van der Waals surface area (Å²) < 4.78 is 0. The predicted molar refractivity (Wildman–Crippen MR) is 99.9 cm³/mol.